The van der Waals surface area contributed by atoms with Gasteiger partial charge in [0.05, 0.1) is 12.2 Å². The maximum Gasteiger partial charge on any atom is 0.207 e. The number of fused-ring (bicyclic) bond motifs is 1. The summed E-state index contributed by atoms with van der Waals surface area (Å²) in [5.41, 5.74) is 5.10. The van der Waals surface area contributed by atoms with Gasteiger partial charge in [-0.2, -0.15) is 0 Å². The maximum absolute atomic E-state index is 11.7. The number of aldehydes is 1. The number of rotatable bonds is 7. The van der Waals surface area contributed by atoms with Crippen LogP contribution in [0.3, 0.4) is 0 Å². The normalized spacial score (nSPS) is 13.3. The molecule has 8 heteroatoms. The average molecular weight is 482 g/mol. The Labute approximate surface area is 206 Å². The van der Waals surface area contributed by atoms with Gasteiger partial charge in [-0.3, -0.25) is 9.69 Å². The zero-order valence-electron chi connectivity index (χ0n) is 20.8. The zero-order valence-corrected chi connectivity index (χ0v) is 20.8. The SMILES string of the molecule is CC(C)c1cc(-c2noc(C=O)c2-c2ccc3c(c2)CCN(CCO)C3)c(O)cc1O.CCNC. The van der Waals surface area contributed by atoms with E-state index in [1.165, 1.54) is 17.2 Å². The van der Waals surface area contributed by atoms with E-state index in [0.717, 1.165) is 31.6 Å². The molecule has 2 aromatic carbocycles. The van der Waals surface area contributed by atoms with Gasteiger partial charge in [-0.15, -0.1) is 0 Å². The number of phenolic OH excluding ortho intramolecular Hbond substituents is 2. The Bertz CT molecular complexity index is 1150. The van der Waals surface area contributed by atoms with Crippen LogP contribution < -0.4 is 5.32 Å². The third kappa shape index (κ3) is 5.90. The highest BCUT2D eigenvalue weighted by Gasteiger charge is 2.24. The summed E-state index contributed by atoms with van der Waals surface area (Å²) in [5.74, 6) is 0.00159. The van der Waals surface area contributed by atoms with E-state index in [4.69, 9.17) is 4.52 Å². The van der Waals surface area contributed by atoms with E-state index >= 15 is 0 Å². The molecule has 0 saturated heterocycles. The first-order valence-corrected chi connectivity index (χ1v) is 12.0. The van der Waals surface area contributed by atoms with Gasteiger partial charge in [0.25, 0.3) is 0 Å². The van der Waals surface area contributed by atoms with E-state index in [1.54, 1.807) is 6.07 Å². The molecule has 8 nitrogen and oxygen atoms in total. The summed E-state index contributed by atoms with van der Waals surface area (Å²) >= 11 is 0. The summed E-state index contributed by atoms with van der Waals surface area (Å²) in [4.78, 5) is 13.9. The van der Waals surface area contributed by atoms with Crippen LogP contribution in [0, 0.1) is 0 Å². The Morgan fingerprint density at radius 1 is 1.17 bits per heavy atom. The number of aliphatic hydroxyl groups is 1. The summed E-state index contributed by atoms with van der Waals surface area (Å²) in [6, 6.07) is 8.97. The summed E-state index contributed by atoms with van der Waals surface area (Å²) in [6.07, 6.45) is 1.46. The number of benzene rings is 2. The molecule has 188 valence electrons. The molecule has 0 amide bonds. The molecule has 0 saturated carbocycles. The summed E-state index contributed by atoms with van der Waals surface area (Å²) in [7, 11) is 1.93. The first-order valence-electron chi connectivity index (χ1n) is 12.0. The standard InChI is InChI=1S/C24H26N2O5.C3H9N/c1-14(2)18-10-19(21(30)11-20(18)29)24-23(22(13-28)31-25-24)16-3-4-17-12-26(7-8-27)6-5-15(17)9-16;1-3-4-2/h3-4,9-11,13-14,27,29-30H,5-8,12H2,1-2H3;4H,3H2,1-2H3. The number of carbonyl (C=O) groups is 1. The summed E-state index contributed by atoms with van der Waals surface area (Å²) in [5, 5.41) is 36.9. The zero-order chi connectivity index (χ0) is 25.5. The Morgan fingerprint density at radius 3 is 2.54 bits per heavy atom. The predicted molar refractivity (Wildman–Crippen MR) is 136 cm³/mol. The van der Waals surface area contributed by atoms with Gasteiger partial charge in [0.1, 0.15) is 17.2 Å². The molecule has 1 aromatic heterocycles. The van der Waals surface area contributed by atoms with Gasteiger partial charge < -0.3 is 25.2 Å². The molecule has 0 atom stereocenters. The van der Waals surface area contributed by atoms with Crippen molar-refractivity contribution in [2.45, 2.75) is 39.7 Å². The second kappa shape index (κ2) is 12.0. The Hall–Kier alpha value is -3.20. The first-order chi connectivity index (χ1) is 16.8. The lowest BCUT2D eigenvalue weighted by molar-refractivity contribution is 0.109. The molecular weight excluding hydrogens is 446 g/mol. The molecule has 35 heavy (non-hydrogen) atoms. The lowest BCUT2D eigenvalue weighted by atomic mass is 9.91. The highest BCUT2D eigenvalue weighted by Crippen LogP contribution is 2.42. The summed E-state index contributed by atoms with van der Waals surface area (Å²) in [6.45, 7) is 9.42. The molecule has 4 rings (SSSR count). The number of hydrogen-bond acceptors (Lipinski definition) is 8. The van der Waals surface area contributed by atoms with Gasteiger partial charge in [-0.05, 0) is 54.3 Å². The molecule has 0 bridgehead atoms. The van der Waals surface area contributed by atoms with Crippen LogP contribution in [-0.2, 0) is 13.0 Å². The van der Waals surface area contributed by atoms with Crippen molar-refractivity contribution in [3.05, 3.63) is 52.8 Å². The quantitative estimate of drug-likeness (QED) is 0.375. The van der Waals surface area contributed by atoms with Gasteiger partial charge >= 0.3 is 0 Å². The molecule has 0 unspecified atom stereocenters. The number of aliphatic hydroxyl groups excluding tert-OH is 1. The molecule has 4 N–H and O–H groups in total. The average Bonchev–Trinajstić information content (AvgIpc) is 3.27. The molecule has 0 fully saturated rings. The van der Waals surface area contributed by atoms with Crippen LogP contribution in [0.1, 0.15) is 53.9 Å². The van der Waals surface area contributed by atoms with Crippen molar-refractivity contribution in [1.29, 1.82) is 0 Å². The van der Waals surface area contributed by atoms with Crippen molar-refractivity contribution in [3.8, 4) is 33.9 Å². The Morgan fingerprint density at radius 2 is 1.91 bits per heavy atom. The minimum absolute atomic E-state index is 0.0121. The molecule has 2 heterocycles. The minimum atomic E-state index is -0.133. The summed E-state index contributed by atoms with van der Waals surface area (Å²) < 4.78 is 5.30. The third-order valence-electron chi connectivity index (χ3n) is 6.20. The van der Waals surface area contributed by atoms with Gasteiger partial charge in [0.15, 0.2) is 6.29 Å². The van der Waals surface area contributed by atoms with Gasteiger partial charge in [-0.1, -0.05) is 44.1 Å². The van der Waals surface area contributed by atoms with Crippen LogP contribution in [0.25, 0.3) is 22.4 Å². The van der Waals surface area contributed by atoms with Gasteiger partial charge in [0.2, 0.25) is 5.76 Å². The van der Waals surface area contributed by atoms with Crippen molar-refractivity contribution >= 4 is 6.29 Å². The number of nitrogens with one attached hydrogen (secondary N) is 1. The van der Waals surface area contributed by atoms with E-state index < -0.39 is 0 Å². The minimum Gasteiger partial charge on any atom is -0.508 e. The highest BCUT2D eigenvalue weighted by molar-refractivity contribution is 5.93. The molecule has 3 aromatic rings. The van der Waals surface area contributed by atoms with E-state index in [9.17, 15) is 20.1 Å². The first kappa shape index (κ1) is 26.4. The molecule has 0 radical (unpaired) electrons. The molecular formula is C27H35N3O5. The highest BCUT2D eigenvalue weighted by atomic mass is 16.5. The lowest BCUT2D eigenvalue weighted by Gasteiger charge is -2.28. The fourth-order valence-electron chi connectivity index (χ4n) is 4.19. The monoisotopic (exact) mass is 481 g/mol. The number of β-amino-alcohol motifs (C(OH)–C–C–N with tert-alkyl or cyclic N) is 1. The number of nitrogens with zero attached hydrogens (tertiary/aromatic N) is 2. The predicted octanol–water partition coefficient (Wildman–Crippen LogP) is 3.93. The van der Waals surface area contributed by atoms with Crippen molar-refractivity contribution in [2.75, 3.05) is 33.3 Å². The second-order valence-corrected chi connectivity index (χ2v) is 8.91. The van der Waals surface area contributed by atoms with E-state index in [0.29, 0.717) is 35.2 Å². The third-order valence-corrected chi connectivity index (χ3v) is 6.20. The second-order valence-electron chi connectivity index (χ2n) is 8.91. The fraction of sp³-hybridized carbons (Fsp3) is 0.407. The molecule has 1 aliphatic heterocycles. The number of carbonyl (C=O) groups excluding carboxylic acids is 1. The van der Waals surface area contributed by atoms with Gasteiger partial charge in [-0.25, -0.2) is 0 Å². The molecule has 0 aliphatic carbocycles. The molecule has 0 spiro atoms. The largest absolute Gasteiger partial charge is 0.508 e. The Kier molecular flexibility index (Phi) is 9.03. The van der Waals surface area contributed by atoms with Crippen LogP contribution in [0.15, 0.2) is 34.9 Å². The van der Waals surface area contributed by atoms with E-state index in [1.807, 2.05) is 39.1 Å². The Balaban J connectivity index is 0.000000795. The van der Waals surface area contributed by atoms with Crippen molar-refractivity contribution in [1.82, 2.24) is 15.4 Å². The van der Waals surface area contributed by atoms with Crippen LogP contribution in [-0.4, -0.2) is 65.0 Å². The molecule has 1 aliphatic rings. The topological polar surface area (TPSA) is 119 Å². The van der Waals surface area contributed by atoms with Crippen molar-refractivity contribution in [2.24, 2.45) is 0 Å². The number of aromatic nitrogens is 1. The maximum atomic E-state index is 11.7. The van der Waals surface area contributed by atoms with Crippen LogP contribution in [0.2, 0.25) is 0 Å². The van der Waals surface area contributed by atoms with Gasteiger partial charge in [0, 0.05) is 31.3 Å². The van der Waals surface area contributed by atoms with Crippen molar-refractivity contribution < 1.29 is 24.6 Å². The van der Waals surface area contributed by atoms with E-state index in [-0.39, 0.29) is 29.8 Å². The smallest absolute Gasteiger partial charge is 0.207 e. The fourth-order valence-corrected chi connectivity index (χ4v) is 4.19. The number of phenols is 2. The van der Waals surface area contributed by atoms with Crippen LogP contribution in [0.5, 0.6) is 11.5 Å². The van der Waals surface area contributed by atoms with Crippen LogP contribution >= 0.6 is 0 Å². The number of hydrogen-bond donors (Lipinski definition) is 4. The van der Waals surface area contributed by atoms with Crippen molar-refractivity contribution in [3.63, 3.8) is 0 Å². The van der Waals surface area contributed by atoms with E-state index in [2.05, 4.69) is 22.3 Å². The number of aromatic hydroxyl groups is 2. The lowest BCUT2D eigenvalue weighted by Crippen LogP contribution is -2.32. The van der Waals surface area contributed by atoms with Crippen LogP contribution in [0.4, 0.5) is 0 Å².